The van der Waals surface area contributed by atoms with Gasteiger partial charge in [-0.2, -0.15) is 0 Å². The second kappa shape index (κ2) is 9.73. The van der Waals surface area contributed by atoms with Crippen molar-refractivity contribution in [1.82, 2.24) is 0 Å². The van der Waals surface area contributed by atoms with Crippen LogP contribution in [0.15, 0.2) is 54.6 Å². The third-order valence-corrected chi connectivity index (χ3v) is 6.60. The maximum atomic E-state index is 10.9. The van der Waals surface area contributed by atoms with Crippen molar-refractivity contribution >= 4 is 5.97 Å². The summed E-state index contributed by atoms with van der Waals surface area (Å²) in [7, 11) is 0. The Morgan fingerprint density at radius 2 is 1.93 bits per heavy atom. The van der Waals surface area contributed by atoms with Crippen LogP contribution >= 0.6 is 0 Å². The SMILES string of the molecule is CC(C)(c1ccccc1)C(O)/C=C/[C@H]1[C@@H](C/C=C\CCCC(=O)O)[C@H]2CC[C@@H]1O2. The van der Waals surface area contributed by atoms with Crippen LogP contribution in [0.5, 0.6) is 0 Å². The first-order chi connectivity index (χ1) is 13.9. The van der Waals surface area contributed by atoms with Gasteiger partial charge in [-0.05, 0) is 43.6 Å². The summed E-state index contributed by atoms with van der Waals surface area (Å²) >= 11 is 0. The molecule has 2 bridgehead atoms. The normalized spacial score (nSPS) is 27.8. The average Bonchev–Trinajstić information content (AvgIpc) is 3.31. The Morgan fingerprint density at radius 3 is 2.66 bits per heavy atom. The molecule has 4 nitrogen and oxygen atoms in total. The molecule has 0 saturated carbocycles. The summed E-state index contributed by atoms with van der Waals surface area (Å²) in [6.07, 6.45) is 13.3. The van der Waals surface area contributed by atoms with Crippen LogP contribution in [0.4, 0.5) is 0 Å². The molecule has 4 heteroatoms. The van der Waals surface area contributed by atoms with Crippen LogP contribution in [-0.4, -0.2) is 34.5 Å². The quantitative estimate of drug-likeness (QED) is 0.436. The van der Waals surface area contributed by atoms with E-state index < -0.39 is 12.1 Å². The molecule has 2 aliphatic rings. The lowest BCUT2D eigenvalue weighted by Gasteiger charge is -2.30. The third kappa shape index (κ3) is 5.37. The number of carboxylic acids is 1. The van der Waals surface area contributed by atoms with Gasteiger partial charge in [0, 0.05) is 17.8 Å². The van der Waals surface area contributed by atoms with Crippen LogP contribution in [0, 0.1) is 11.8 Å². The predicted molar refractivity (Wildman–Crippen MR) is 115 cm³/mol. The number of fused-ring (bicyclic) bond motifs is 2. The first kappa shape index (κ1) is 21.8. The van der Waals surface area contributed by atoms with Crippen molar-refractivity contribution < 1.29 is 19.7 Å². The van der Waals surface area contributed by atoms with Gasteiger partial charge < -0.3 is 14.9 Å². The van der Waals surface area contributed by atoms with E-state index in [4.69, 9.17) is 9.84 Å². The number of rotatable bonds is 10. The highest BCUT2D eigenvalue weighted by atomic mass is 16.5. The van der Waals surface area contributed by atoms with Gasteiger partial charge in [0.15, 0.2) is 0 Å². The number of hydrogen-bond acceptors (Lipinski definition) is 3. The van der Waals surface area contributed by atoms with Crippen molar-refractivity contribution in [2.75, 3.05) is 0 Å². The Balaban J connectivity index is 1.59. The molecule has 1 aromatic carbocycles. The van der Waals surface area contributed by atoms with E-state index in [-0.39, 0.29) is 17.9 Å². The molecule has 0 amide bonds. The molecule has 0 spiro atoms. The molecular formula is C25H34O4. The molecular weight excluding hydrogens is 364 g/mol. The summed E-state index contributed by atoms with van der Waals surface area (Å²) in [5.41, 5.74) is 0.776. The van der Waals surface area contributed by atoms with Gasteiger partial charge in [-0.25, -0.2) is 0 Å². The topological polar surface area (TPSA) is 66.8 Å². The van der Waals surface area contributed by atoms with Crippen molar-refractivity contribution in [3.63, 3.8) is 0 Å². The summed E-state index contributed by atoms with van der Waals surface area (Å²) in [6.45, 7) is 4.15. The summed E-state index contributed by atoms with van der Waals surface area (Å²) in [5.74, 6) is 0.0356. The largest absolute Gasteiger partial charge is 0.481 e. The first-order valence-electron chi connectivity index (χ1n) is 10.8. The number of aliphatic carboxylic acids is 1. The van der Waals surface area contributed by atoms with Crippen LogP contribution in [0.1, 0.15) is 57.9 Å². The van der Waals surface area contributed by atoms with Crippen LogP contribution < -0.4 is 0 Å². The molecule has 2 N–H and O–H groups in total. The van der Waals surface area contributed by atoms with E-state index in [1.54, 1.807) is 0 Å². The molecule has 158 valence electrons. The van der Waals surface area contributed by atoms with Gasteiger partial charge in [0.1, 0.15) is 0 Å². The summed E-state index contributed by atoms with van der Waals surface area (Å²) < 4.78 is 6.17. The van der Waals surface area contributed by atoms with Gasteiger partial charge in [0.25, 0.3) is 0 Å². The number of aliphatic hydroxyl groups excluding tert-OH is 1. The molecule has 29 heavy (non-hydrogen) atoms. The second-order valence-electron chi connectivity index (χ2n) is 8.94. The number of aliphatic hydroxyl groups is 1. The maximum absolute atomic E-state index is 10.9. The highest BCUT2D eigenvalue weighted by Crippen LogP contribution is 2.46. The number of benzene rings is 1. The number of unbranched alkanes of at least 4 members (excludes halogenated alkanes) is 1. The fourth-order valence-electron chi connectivity index (χ4n) is 4.64. The number of carboxylic acid groups (broad SMARTS) is 1. The zero-order valence-electron chi connectivity index (χ0n) is 17.5. The van der Waals surface area contributed by atoms with Crippen LogP contribution in [0.2, 0.25) is 0 Å². The van der Waals surface area contributed by atoms with Crippen molar-refractivity contribution in [2.24, 2.45) is 11.8 Å². The molecule has 0 radical (unpaired) electrons. The lowest BCUT2D eigenvalue weighted by atomic mass is 9.75. The Morgan fingerprint density at radius 1 is 1.21 bits per heavy atom. The van der Waals surface area contributed by atoms with Crippen LogP contribution in [0.3, 0.4) is 0 Å². The fraction of sp³-hybridized carbons (Fsp3) is 0.560. The Bertz CT molecular complexity index is 722. The fourth-order valence-corrected chi connectivity index (χ4v) is 4.64. The van der Waals surface area contributed by atoms with E-state index in [1.165, 1.54) is 0 Å². The molecule has 2 saturated heterocycles. The standard InChI is InChI=1S/C25H34O4/c1-25(2,18-10-6-5-7-11-18)23(26)17-14-20-19(21-15-16-22(20)29-21)12-8-3-4-9-13-24(27)28/h3,5-8,10-11,14,17,19-23,26H,4,9,12-13,15-16H2,1-2H3,(H,27,28)/b8-3-,17-14+/t19-,20+,21-,22+,23?/m1/s1. The molecule has 2 fully saturated rings. The minimum atomic E-state index is -0.734. The predicted octanol–water partition coefficient (Wildman–Crippen LogP) is 4.88. The van der Waals surface area contributed by atoms with Gasteiger partial charge in [0.2, 0.25) is 0 Å². The molecule has 0 aliphatic carbocycles. The average molecular weight is 399 g/mol. The van der Waals surface area contributed by atoms with E-state index in [2.05, 4.69) is 44.2 Å². The summed E-state index contributed by atoms with van der Waals surface area (Å²) in [5, 5.41) is 19.6. The molecule has 1 aromatic rings. The Kier molecular flexibility index (Phi) is 7.31. The number of hydrogen-bond donors (Lipinski definition) is 2. The minimum Gasteiger partial charge on any atom is -0.481 e. The zero-order chi connectivity index (χ0) is 20.9. The molecule has 0 aromatic heterocycles. The van der Waals surface area contributed by atoms with Gasteiger partial charge in [-0.15, -0.1) is 0 Å². The van der Waals surface area contributed by atoms with E-state index in [9.17, 15) is 9.90 Å². The second-order valence-corrected chi connectivity index (χ2v) is 8.94. The lowest BCUT2D eigenvalue weighted by molar-refractivity contribution is -0.137. The minimum absolute atomic E-state index is 0.224. The monoisotopic (exact) mass is 398 g/mol. The van der Waals surface area contributed by atoms with Crippen molar-refractivity contribution in [3.05, 3.63) is 60.2 Å². The van der Waals surface area contributed by atoms with Gasteiger partial charge >= 0.3 is 5.97 Å². The van der Waals surface area contributed by atoms with Crippen molar-refractivity contribution in [2.45, 2.75) is 76.1 Å². The van der Waals surface area contributed by atoms with Crippen molar-refractivity contribution in [1.29, 1.82) is 0 Å². The molecule has 5 atom stereocenters. The van der Waals surface area contributed by atoms with Crippen molar-refractivity contribution in [3.8, 4) is 0 Å². The highest BCUT2D eigenvalue weighted by Gasteiger charge is 2.47. The Labute approximate surface area is 174 Å². The van der Waals surface area contributed by atoms with Gasteiger partial charge in [-0.3, -0.25) is 4.79 Å². The molecule has 2 aliphatic heterocycles. The molecule has 3 rings (SSSR count). The maximum Gasteiger partial charge on any atom is 0.303 e. The third-order valence-electron chi connectivity index (χ3n) is 6.60. The van der Waals surface area contributed by atoms with E-state index in [0.717, 1.165) is 31.2 Å². The van der Waals surface area contributed by atoms with Gasteiger partial charge in [0.05, 0.1) is 18.3 Å². The number of allylic oxidation sites excluding steroid dienone is 2. The number of carbonyl (C=O) groups is 1. The first-order valence-corrected chi connectivity index (χ1v) is 10.8. The van der Waals surface area contributed by atoms with E-state index in [0.29, 0.717) is 24.4 Å². The van der Waals surface area contributed by atoms with Gasteiger partial charge in [-0.1, -0.05) is 68.5 Å². The smallest absolute Gasteiger partial charge is 0.303 e. The van der Waals surface area contributed by atoms with Crippen LogP contribution in [-0.2, 0) is 14.9 Å². The van der Waals surface area contributed by atoms with E-state index >= 15 is 0 Å². The number of ether oxygens (including phenoxy) is 1. The Hall–Kier alpha value is -1.91. The zero-order valence-corrected chi connectivity index (χ0v) is 17.5. The summed E-state index contributed by atoms with van der Waals surface area (Å²) in [4.78, 5) is 10.6. The van der Waals surface area contributed by atoms with E-state index in [1.807, 2.05) is 24.3 Å². The molecule has 1 unspecified atom stereocenters. The summed E-state index contributed by atoms with van der Waals surface area (Å²) in [6, 6.07) is 10.1. The van der Waals surface area contributed by atoms with Crippen LogP contribution in [0.25, 0.3) is 0 Å². The molecule has 2 heterocycles. The highest BCUT2D eigenvalue weighted by molar-refractivity contribution is 5.66. The lowest BCUT2D eigenvalue weighted by Crippen LogP contribution is -2.32.